The van der Waals surface area contributed by atoms with Gasteiger partial charge in [0, 0.05) is 95.0 Å². The minimum Gasteiger partial charge on any atom is -0.478 e. The molecule has 0 bridgehead atoms. The Morgan fingerprint density at radius 1 is 0.481 bits per heavy atom. The SMILES string of the molecule is CC1(C)OC(=O)CC1C(=O)Nc1ccc2[nH]nc(-c3cc4ccccc4o3)c2c1.CS(=O)(=O)Nc1ccc2[nH]nc(-c3ccccc3)c2c1.O=C(Nc1ccc2[nH]nc(-c3cc4ccccc4o3)c2c1)C1CCCO1.O=C(O)c1ccc(S(=O)(=O)Nc2ccc3[nH]nc(-c4cccc(F)c4)c3c2)cc1.O=C1CC[C@H](C(=O)Nc2ccc3[nH]nc(-c4cc5ccccc5s4)c3c2)N1. The maximum atomic E-state index is 13.6. The van der Waals surface area contributed by atoms with Gasteiger partial charge in [0.15, 0.2) is 11.5 Å². The average molecular weight is 1810 g/mol. The summed E-state index contributed by atoms with van der Waals surface area (Å²) in [5.41, 5.74) is 12.9. The Bertz CT molecular complexity index is 7790. The molecule has 0 spiro atoms. The fraction of sp³-hybridized carbons (Fsp3) is 0.135. The Labute approximate surface area is 748 Å². The lowest BCUT2D eigenvalue weighted by Gasteiger charge is -2.23. The molecule has 3 aliphatic rings. The molecule has 35 heteroatoms. The van der Waals surface area contributed by atoms with Crippen LogP contribution in [0.15, 0.2) is 275 Å². The van der Waals surface area contributed by atoms with E-state index in [2.05, 4.69) is 99.9 Å². The molecule has 3 saturated heterocycles. The van der Waals surface area contributed by atoms with Crippen LogP contribution in [0.25, 0.3) is 143 Å². The van der Waals surface area contributed by atoms with Crippen molar-refractivity contribution in [2.75, 3.05) is 38.3 Å². The molecule has 22 rings (SSSR count). The van der Waals surface area contributed by atoms with Crippen molar-refractivity contribution in [3.8, 4) is 56.0 Å². The van der Waals surface area contributed by atoms with E-state index >= 15 is 0 Å². The molecule has 3 fully saturated rings. The van der Waals surface area contributed by atoms with Crippen molar-refractivity contribution in [1.29, 1.82) is 0 Å². The third-order valence-electron chi connectivity index (χ3n) is 22.1. The number of nitrogens with one attached hydrogen (secondary N) is 11. The number of anilines is 5. The predicted octanol–water partition coefficient (Wildman–Crippen LogP) is 18.5. The van der Waals surface area contributed by atoms with Crippen LogP contribution in [0.1, 0.15) is 56.3 Å². The molecule has 8 aromatic heterocycles. The fourth-order valence-corrected chi connectivity index (χ4v) is 18.3. The van der Waals surface area contributed by atoms with Crippen LogP contribution in [0.3, 0.4) is 0 Å². The van der Waals surface area contributed by atoms with Crippen LogP contribution in [-0.4, -0.2) is 139 Å². The lowest BCUT2D eigenvalue weighted by Crippen LogP contribution is -2.37. The number of para-hydroxylation sites is 2. The third kappa shape index (κ3) is 19.1. The molecule has 0 radical (unpaired) electrons. The van der Waals surface area contributed by atoms with E-state index in [-0.39, 0.29) is 52.6 Å². The first-order chi connectivity index (χ1) is 63.2. The van der Waals surface area contributed by atoms with Crippen molar-refractivity contribution >= 4 is 182 Å². The number of carbonyl (C=O) groups excluding carboxylic acids is 5. The molecule has 2 unspecified atom stereocenters. The summed E-state index contributed by atoms with van der Waals surface area (Å²) in [5.74, 6) is -1.70. The van der Waals surface area contributed by atoms with Crippen molar-refractivity contribution in [2.24, 2.45) is 5.92 Å². The molecule has 4 amide bonds. The van der Waals surface area contributed by atoms with Crippen LogP contribution in [0.2, 0.25) is 0 Å². The van der Waals surface area contributed by atoms with E-state index in [9.17, 15) is 50.0 Å². The van der Waals surface area contributed by atoms with Gasteiger partial charge in [0.2, 0.25) is 27.7 Å². The van der Waals surface area contributed by atoms with Gasteiger partial charge >= 0.3 is 11.9 Å². The van der Waals surface area contributed by atoms with Gasteiger partial charge in [0.1, 0.15) is 57.5 Å². The van der Waals surface area contributed by atoms with Crippen LogP contribution in [0, 0.1) is 11.7 Å². The number of esters is 1. The minimum atomic E-state index is -3.93. The predicted molar refractivity (Wildman–Crippen MR) is 500 cm³/mol. The van der Waals surface area contributed by atoms with Gasteiger partial charge in [0.25, 0.3) is 15.9 Å². The van der Waals surface area contributed by atoms with Gasteiger partial charge in [-0.25, -0.2) is 26.0 Å². The number of amides is 4. The van der Waals surface area contributed by atoms with Gasteiger partial charge in [-0.2, -0.15) is 25.5 Å². The number of aromatic carboxylic acids is 1. The molecule has 3 atom stereocenters. The standard InChI is InChI=1S/C22H19N3O4.C20H14FN3O4S.C20H16N4O2S.C20H17N3O3.C14H13N3O2S/c1-22(2)15(11-19(26)29-22)21(27)23-13-7-8-16-14(10-13)20(25-24-16)18-9-12-5-3-4-6-17(12)28-18;21-14-3-1-2-13(10-14)19-17-11-15(6-9-18(17)22-23-19)24-29(27,28)16-7-4-12(5-8-16)20(25)26;25-18-8-7-15(22-18)20(26)21-12-5-6-14-13(10-12)19(24-23-14)17-9-11-3-1-2-4-16(11)27-17;24-20(17-6-3-9-25-17)21-13-7-8-15-14(11-13)19(23-22-15)18-10-12-4-1-2-5-16(12)26-18;1-20(18,19)17-11-7-8-13-12(9-11)14(16-15-13)10-5-3-2-4-6-10/h3-10,15H,11H2,1-2H3,(H,23,27)(H,24,25);1-11,24H,(H,22,23)(H,25,26);1-6,9-10,15H,7-8H2,(H,21,26)(H,22,25)(H,23,24);1-2,4-5,7-8,10-11,17H,3,6,9H2,(H,21,24)(H,22,23);2-9,17H,1H3,(H,15,16)/t;;15-;;/m..1../s1. The molecule has 3 aliphatic heterocycles. The number of ether oxygens (including phenoxy) is 2. The monoisotopic (exact) mass is 1810 g/mol. The van der Waals surface area contributed by atoms with Crippen LogP contribution in [0.5, 0.6) is 0 Å². The van der Waals surface area contributed by atoms with Gasteiger partial charge in [-0.1, -0.05) is 97.1 Å². The van der Waals surface area contributed by atoms with E-state index in [1.54, 1.807) is 73.7 Å². The van der Waals surface area contributed by atoms with E-state index < -0.39 is 49.4 Å². The van der Waals surface area contributed by atoms with Crippen LogP contribution < -0.4 is 30.7 Å². The molecular weight excluding hydrogens is 1730 g/mol. The van der Waals surface area contributed by atoms with Gasteiger partial charge in [-0.15, -0.1) is 11.3 Å². The van der Waals surface area contributed by atoms with Crippen LogP contribution in [0.4, 0.5) is 32.8 Å². The first-order valence-corrected chi connectivity index (χ1v) is 45.5. The van der Waals surface area contributed by atoms with Gasteiger partial charge in [0.05, 0.1) is 67.2 Å². The fourth-order valence-electron chi connectivity index (χ4n) is 15.7. The highest BCUT2D eigenvalue weighted by Crippen LogP contribution is 2.41. The van der Waals surface area contributed by atoms with E-state index in [4.69, 9.17) is 23.4 Å². The lowest BCUT2D eigenvalue weighted by atomic mass is 9.90. The molecule has 658 valence electrons. The van der Waals surface area contributed by atoms with E-state index in [1.807, 2.05) is 158 Å². The molecule has 11 heterocycles. The van der Waals surface area contributed by atoms with Crippen LogP contribution in [-0.2, 0) is 53.5 Å². The number of hydrogen-bond donors (Lipinski definition) is 12. The quantitative estimate of drug-likeness (QED) is 0.0377. The van der Waals surface area contributed by atoms with Gasteiger partial charge in [-0.05, 0) is 202 Å². The Kier molecular flexibility index (Phi) is 23.6. The smallest absolute Gasteiger partial charge is 0.335 e. The van der Waals surface area contributed by atoms with Gasteiger partial charge < -0.3 is 44.7 Å². The number of rotatable bonds is 17. The largest absolute Gasteiger partial charge is 0.478 e. The Balaban J connectivity index is 0.000000111. The number of sulfonamides is 2. The Morgan fingerprint density at radius 2 is 0.954 bits per heavy atom. The highest BCUT2D eigenvalue weighted by atomic mass is 32.2. The van der Waals surface area contributed by atoms with E-state index in [1.165, 1.54) is 46.5 Å². The van der Waals surface area contributed by atoms with E-state index in [0.717, 1.165) is 118 Å². The number of fused-ring (bicyclic) bond motifs is 8. The van der Waals surface area contributed by atoms with Crippen molar-refractivity contribution in [3.63, 3.8) is 0 Å². The molecule has 11 aromatic carbocycles. The zero-order valence-electron chi connectivity index (χ0n) is 69.8. The van der Waals surface area contributed by atoms with Gasteiger partial charge in [-0.3, -0.25) is 58.9 Å². The number of aromatic nitrogens is 10. The second-order valence-electron chi connectivity index (χ2n) is 31.8. The summed E-state index contributed by atoms with van der Waals surface area (Å²) in [6, 6.07) is 77.0. The highest BCUT2D eigenvalue weighted by Gasteiger charge is 2.46. The molecule has 131 heavy (non-hydrogen) atoms. The lowest BCUT2D eigenvalue weighted by molar-refractivity contribution is -0.147. The number of hydrogen-bond acceptors (Lipinski definition) is 20. The number of carboxylic acids is 1. The molecule has 19 aromatic rings. The number of H-pyrrole nitrogens is 5. The normalized spacial score (nSPS) is 15.2. The molecule has 0 aliphatic carbocycles. The number of thiophene rings is 1. The summed E-state index contributed by atoms with van der Waals surface area (Å²) in [7, 11) is -7.21. The number of aromatic amines is 5. The molecule has 0 saturated carbocycles. The summed E-state index contributed by atoms with van der Waals surface area (Å²) in [5, 5.41) is 64.4. The molecule has 12 N–H and O–H groups in total. The maximum Gasteiger partial charge on any atom is 0.335 e. The van der Waals surface area contributed by atoms with E-state index in [0.29, 0.717) is 81.6 Å². The first kappa shape index (κ1) is 85.8. The third-order valence-corrected chi connectivity index (χ3v) is 25.3. The second kappa shape index (κ2) is 36.0. The molecular formula is C96H79FN16O15S3. The number of carboxylic acid groups (broad SMARTS) is 1. The van der Waals surface area contributed by atoms with Crippen molar-refractivity contribution in [1.82, 2.24) is 56.3 Å². The minimum absolute atomic E-state index is 0.0106. The van der Waals surface area contributed by atoms with Crippen molar-refractivity contribution < 1.29 is 73.4 Å². The zero-order valence-corrected chi connectivity index (χ0v) is 72.3. The van der Waals surface area contributed by atoms with Crippen molar-refractivity contribution in [3.05, 3.63) is 272 Å². The maximum absolute atomic E-state index is 13.6. The number of carbonyl (C=O) groups is 6. The summed E-state index contributed by atoms with van der Waals surface area (Å²) < 4.78 is 90.1. The Hall–Kier alpha value is -16.0. The number of cyclic esters (lactones) is 1. The highest BCUT2D eigenvalue weighted by molar-refractivity contribution is 7.92. The average Bonchev–Trinajstić information content (AvgIpc) is 1.63. The molecule has 31 nitrogen and oxygen atoms in total. The number of halogens is 1. The summed E-state index contributed by atoms with van der Waals surface area (Å²) >= 11 is 1.69. The van der Waals surface area contributed by atoms with Crippen LogP contribution >= 0.6 is 11.3 Å². The number of furan rings is 2. The van der Waals surface area contributed by atoms with Crippen molar-refractivity contribution in [2.45, 2.75) is 68.6 Å². The summed E-state index contributed by atoms with van der Waals surface area (Å²) in [6.45, 7) is 4.15. The topological polar surface area (TPSA) is 451 Å². The number of nitrogens with zero attached hydrogens (tertiary/aromatic N) is 5. The first-order valence-electron chi connectivity index (χ1n) is 41.3. The summed E-state index contributed by atoms with van der Waals surface area (Å²) in [4.78, 5) is 72.3. The second-order valence-corrected chi connectivity index (χ2v) is 36.3. The summed E-state index contributed by atoms with van der Waals surface area (Å²) in [6.07, 6.45) is 3.48. The Morgan fingerprint density at radius 3 is 1.46 bits per heavy atom. The zero-order chi connectivity index (χ0) is 90.8. The number of benzene rings is 11.